The Labute approximate surface area is 186 Å². The summed E-state index contributed by atoms with van der Waals surface area (Å²) in [5.74, 6) is 0.854. The van der Waals surface area contributed by atoms with Crippen molar-refractivity contribution < 1.29 is 0 Å². The highest BCUT2D eigenvalue weighted by Gasteiger charge is 2.14. The van der Waals surface area contributed by atoms with Gasteiger partial charge in [0.15, 0.2) is 5.65 Å². The van der Waals surface area contributed by atoms with E-state index in [-0.39, 0.29) is 0 Å². The lowest BCUT2D eigenvalue weighted by Crippen LogP contribution is -2.03. The lowest BCUT2D eigenvalue weighted by Gasteiger charge is -2.12. The summed E-state index contributed by atoms with van der Waals surface area (Å²) in [6.45, 7) is 4.23. The fourth-order valence-corrected chi connectivity index (χ4v) is 3.73. The maximum Gasteiger partial charge on any atom is 0.165 e. The maximum atomic E-state index is 6.09. The van der Waals surface area contributed by atoms with Gasteiger partial charge in [-0.1, -0.05) is 60.1 Å². The van der Waals surface area contributed by atoms with Crippen LogP contribution in [0.3, 0.4) is 0 Å². The average molecular weight is 425 g/mol. The first-order chi connectivity index (χ1) is 15.1. The van der Waals surface area contributed by atoms with Crippen molar-refractivity contribution in [2.24, 2.45) is 0 Å². The number of hydrogen-bond acceptors (Lipinski definition) is 3. The summed E-state index contributed by atoms with van der Waals surface area (Å²) in [5, 5.41) is 8.89. The van der Waals surface area contributed by atoms with Gasteiger partial charge >= 0.3 is 0 Å². The fraction of sp³-hybridized carbons (Fsp3) is 0.0769. The van der Waals surface area contributed by atoms with E-state index in [2.05, 4.69) is 54.6 Å². The molecule has 0 saturated carbocycles. The molecule has 0 amide bonds. The van der Waals surface area contributed by atoms with Gasteiger partial charge in [-0.25, -0.2) is 4.98 Å². The van der Waals surface area contributed by atoms with Crippen LogP contribution in [-0.4, -0.2) is 14.6 Å². The number of nitrogens with zero attached hydrogens (tertiary/aromatic N) is 3. The molecule has 4 nitrogen and oxygen atoms in total. The molecule has 3 aromatic carbocycles. The largest absolute Gasteiger partial charge is 0.340 e. The predicted molar refractivity (Wildman–Crippen MR) is 128 cm³/mol. The summed E-state index contributed by atoms with van der Waals surface area (Å²) in [7, 11) is 0. The van der Waals surface area contributed by atoms with Gasteiger partial charge < -0.3 is 5.32 Å². The van der Waals surface area contributed by atoms with Crippen molar-refractivity contribution >= 4 is 28.8 Å². The minimum atomic E-state index is 0.704. The second kappa shape index (κ2) is 7.89. The quantitative estimate of drug-likeness (QED) is 0.335. The molecule has 0 atom stereocenters. The van der Waals surface area contributed by atoms with Crippen LogP contribution in [0.15, 0.2) is 85.1 Å². The summed E-state index contributed by atoms with van der Waals surface area (Å²) < 4.78 is 1.85. The molecule has 0 bridgehead atoms. The van der Waals surface area contributed by atoms with E-state index in [1.165, 1.54) is 11.1 Å². The number of hydrogen-bond donors (Lipinski definition) is 1. The molecule has 5 rings (SSSR count). The summed E-state index contributed by atoms with van der Waals surface area (Å²) in [5.41, 5.74) is 8.21. The maximum absolute atomic E-state index is 6.09. The van der Waals surface area contributed by atoms with Crippen molar-refractivity contribution in [2.75, 3.05) is 5.32 Å². The summed E-state index contributed by atoms with van der Waals surface area (Å²) in [6, 6.07) is 26.3. The normalized spacial score (nSPS) is 11.1. The van der Waals surface area contributed by atoms with Gasteiger partial charge in [-0.15, -0.1) is 0 Å². The van der Waals surface area contributed by atoms with E-state index in [4.69, 9.17) is 16.6 Å². The first-order valence-electron chi connectivity index (χ1n) is 10.1. The SMILES string of the molecule is Cc1ccc(Nc2cc(-c3ccccc3)nc3c(-c4ccc(Cl)cc4)cnn23)cc1C. The van der Waals surface area contributed by atoms with Crippen LogP contribution in [0.1, 0.15) is 11.1 Å². The number of fused-ring (bicyclic) bond motifs is 1. The minimum absolute atomic E-state index is 0.704. The van der Waals surface area contributed by atoms with Gasteiger partial charge in [-0.3, -0.25) is 0 Å². The van der Waals surface area contributed by atoms with Crippen LogP contribution in [0, 0.1) is 13.8 Å². The molecule has 0 aliphatic carbocycles. The molecule has 0 fully saturated rings. The summed E-state index contributed by atoms with van der Waals surface area (Å²) in [6.07, 6.45) is 1.85. The Morgan fingerprint density at radius 1 is 0.806 bits per heavy atom. The first-order valence-corrected chi connectivity index (χ1v) is 10.5. The predicted octanol–water partition coefficient (Wildman–Crippen LogP) is 7.08. The van der Waals surface area contributed by atoms with Crippen molar-refractivity contribution in [3.8, 4) is 22.4 Å². The number of rotatable bonds is 4. The molecule has 0 radical (unpaired) electrons. The fourth-order valence-electron chi connectivity index (χ4n) is 3.61. The lowest BCUT2D eigenvalue weighted by atomic mass is 10.1. The van der Waals surface area contributed by atoms with Gasteiger partial charge in [0.05, 0.1) is 11.9 Å². The standard InChI is InChI=1S/C26H21ClN4/c1-17-8-13-22(14-18(17)2)29-25-15-24(20-6-4-3-5-7-20)30-26-23(16-28-31(25)26)19-9-11-21(27)12-10-19/h3-16,29H,1-2H3. The molecule has 0 aliphatic rings. The van der Waals surface area contributed by atoms with E-state index in [1.54, 1.807) is 0 Å². The van der Waals surface area contributed by atoms with Crippen LogP contribution in [-0.2, 0) is 0 Å². The summed E-state index contributed by atoms with van der Waals surface area (Å²) >= 11 is 6.09. The molecular weight excluding hydrogens is 404 g/mol. The van der Waals surface area contributed by atoms with Crippen molar-refractivity contribution in [1.29, 1.82) is 0 Å². The summed E-state index contributed by atoms with van der Waals surface area (Å²) in [4.78, 5) is 4.97. The minimum Gasteiger partial charge on any atom is -0.340 e. The molecule has 1 N–H and O–H groups in total. The molecular formula is C26H21ClN4. The Bertz CT molecular complexity index is 1370. The Kier molecular flexibility index (Phi) is 4.92. The van der Waals surface area contributed by atoms with Crippen LogP contribution in [0.2, 0.25) is 5.02 Å². The molecule has 2 aromatic heterocycles. The van der Waals surface area contributed by atoms with Crippen LogP contribution in [0.4, 0.5) is 11.5 Å². The Morgan fingerprint density at radius 3 is 2.32 bits per heavy atom. The number of aromatic nitrogens is 3. The van der Waals surface area contributed by atoms with Crippen LogP contribution < -0.4 is 5.32 Å². The Balaban J connectivity index is 1.69. The number of aryl methyl sites for hydroxylation is 2. The molecule has 0 aliphatic heterocycles. The van der Waals surface area contributed by atoms with Gasteiger partial charge in [0.1, 0.15) is 5.82 Å². The third-order valence-electron chi connectivity index (χ3n) is 5.48. The van der Waals surface area contributed by atoms with Crippen molar-refractivity contribution in [1.82, 2.24) is 14.6 Å². The zero-order chi connectivity index (χ0) is 21.4. The second-order valence-corrected chi connectivity index (χ2v) is 8.05. The smallest absolute Gasteiger partial charge is 0.165 e. The van der Waals surface area contributed by atoms with E-state index < -0.39 is 0 Å². The number of benzene rings is 3. The number of halogens is 1. The zero-order valence-corrected chi connectivity index (χ0v) is 18.1. The van der Waals surface area contributed by atoms with Crippen molar-refractivity contribution in [2.45, 2.75) is 13.8 Å². The Morgan fingerprint density at radius 2 is 1.58 bits per heavy atom. The molecule has 152 valence electrons. The lowest BCUT2D eigenvalue weighted by molar-refractivity contribution is 0.949. The second-order valence-electron chi connectivity index (χ2n) is 7.62. The average Bonchev–Trinajstić information content (AvgIpc) is 3.22. The van der Waals surface area contributed by atoms with Crippen LogP contribution in [0.25, 0.3) is 28.0 Å². The van der Waals surface area contributed by atoms with Gasteiger partial charge in [0.25, 0.3) is 0 Å². The van der Waals surface area contributed by atoms with E-state index in [0.717, 1.165) is 39.5 Å². The molecule has 0 spiro atoms. The highest BCUT2D eigenvalue weighted by atomic mass is 35.5. The third kappa shape index (κ3) is 3.78. The van der Waals surface area contributed by atoms with Crippen LogP contribution in [0.5, 0.6) is 0 Å². The monoisotopic (exact) mass is 424 g/mol. The van der Waals surface area contributed by atoms with E-state index >= 15 is 0 Å². The van der Waals surface area contributed by atoms with Gasteiger partial charge in [0.2, 0.25) is 0 Å². The van der Waals surface area contributed by atoms with Crippen LogP contribution >= 0.6 is 11.6 Å². The van der Waals surface area contributed by atoms with Gasteiger partial charge in [-0.05, 0) is 54.8 Å². The number of anilines is 2. The molecule has 0 unspecified atom stereocenters. The number of nitrogens with one attached hydrogen (secondary N) is 1. The third-order valence-corrected chi connectivity index (χ3v) is 5.73. The molecule has 31 heavy (non-hydrogen) atoms. The highest BCUT2D eigenvalue weighted by Crippen LogP contribution is 2.31. The molecule has 2 heterocycles. The zero-order valence-electron chi connectivity index (χ0n) is 17.3. The van der Waals surface area contributed by atoms with Crippen molar-refractivity contribution in [3.05, 3.63) is 101 Å². The van der Waals surface area contributed by atoms with Crippen molar-refractivity contribution in [3.63, 3.8) is 0 Å². The Hall–Kier alpha value is -3.63. The molecule has 5 heteroatoms. The first kappa shape index (κ1) is 19.3. The van der Waals surface area contributed by atoms with E-state index in [9.17, 15) is 0 Å². The highest BCUT2D eigenvalue weighted by molar-refractivity contribution is 6.30. The molecule has 5 aromatic rings. The topological polar surface area (TPSA) is 42.2 Å². The van der Waals surface area contributed by atoms with E-state index in [0.29, 0.717) is 5.02 Å². The van der Waals surface area contributed by atoms with E-state index in [1.807, 2.05) is 59.2 Å². The molecule has 0 saturated heterocycles. The van der Waals surface area contributed by atoms with Gasteiger partial charge in [0, 0.05) is 27.9 Å². The van der Waals surface area contributed by atoms with Gasteiger partial charge in [-0.2, -0.15) is 9.61 Å².